The van der Waals surface area contributed by atoms with Gasteiger partial charge in [0.1, 0.15) is 0 Å². The van der Waals surface area contributed by atoms with Gasteiger partial charge in [-0.1, -0.05) is 0 Å². The van der Waals surface area contributed by atoms with E-state index in [4.69, 9.17) is 6.42 Å². The Balaban J connectivity index is 1.65. The molecule has 1 aliphatic heterocycles. The molecule has 1 aromatic heterocycles. The van der Waals surface area contributed by atoms with Crippen molar-refractivity contribution in [2.24, 2.45) is 10.2 Å². The van der Waals surface area contributed by atoms with Gasteiger partial charge in [0.15, 0.2) is 5.66 Å². The maximum absolute atomic E-state index is 12.2. The predicted octanol–water partition coefficient (Wildman–Crippen LogP) is 0.912. The van der Waals surface area contributed by atoms with Crippen LogP contribution in [0.25, 0.3) is 10.9 Å². The van der Waals surface area contributed by atoms with Crippen LogP contribution >= 0.6 is 0 Å². The highest BCUT2D eigenvalue weighted by atomic mass is 16.2. The van der Waals surface area contributed by atoms with Crippen LogP contribution in [0.2, 0.25) is 0 Å². The maximum atomic E-state index is 12.2. The number of benzene rings is 1. The number of amides is 1. The fraction of sp³-hybridized carbons (Fsp3) is 0.312. The van der Waals surface area contributed by atoms with Crippen molar-refractivity contribution in [3.63, 3.8) is 0 Å². The number of hydrogen-bond donors (Lipinski definition) is 3. The Morgan fingerprint density at radius 2 is 2.04 bits per heavy atom. The number of rotatable bonds is 6. The zero-order valence-corrected chi connectivity index (χ0v) is 12.8. The average molecular weight is 325 g/mol. The summed E-state index contributed by atoms with van der Waals surface area (Å²) in [5, 5.41) is 11.0. The monoisotopic (exact) mass is 325 g/mol. The second-order valence-corrected chi connectivity index (χ2v) is 5.56. The van der Waals surface area contributed by atoms with Crippen LogP contribution in [-0.2, 0) is 0 Å². The first-order chi connectivity index (χ1) is 11.5. The fourth-order valence-corrected chi connectivity index (χ4v) is 2.45. The molecule has 0 saturated carbocycles. The minimum atomic E-state index is -0.584. The minimum absolute atomic E-state index is 0.250. The van der Waals surface area contributed by atoms with Crippen molar-refractivity contribution in [3.05, 3.63) is 44.6 Å². The Kier molecular flexibility index (Phi) is 4.00. The van der Waals surface area contributed by atoms with Gasteiger partial charge in [-0.3, -0.25) is 14.6 Å². The lowest BCUT2D eigenvalue weighted by molar-refractivity contribution is 0.0952. The molecule has 3 N–H and O–H groups in total. The van der Waals surface area contributed by atoms with Crippen LogP contribution in [0.4, 0.5) is 0 Å². The van der Waals surface area contributed by atoms with Gasteiger partial charge in [-0.15, -0.1) is 12.3 Å². The molecule has 0 atom stereocenters. The number of aromatic nitrogens is 2. The third kappa shape index (κ3) is 3.25. The molecule has 0 radical (unpaired) electrons. The maximum Gasteiger partial charge on any atom is 0.326 e. The van der Waals surface area contributed by atoms with Crippen molar-refractivity contribution < 1.29 is 4.79 Å². The van der Waals surface area contributed by atoms with Gasteiger partial charge in [0.05, 0.1) is 10.9 Å². The molecule has 0 aliphatic carbocycles. The van der Waals surface area contributed by atoms with Crippen molar-refractivity contribution in [2.45, 2.75) is 24.9 Å². The van der Waals surface area contributed by atoms with Crippen molar-refractivity contribution in [1.82, 2.24) is 15.3 Å². The number of terminal acetylenes is 1. The van der Waals surface area contributed by atoms with E-state index in [2.05, 4.69) is 31.4 Å². The fourth-order valence-electron chi connectivity index (χ4n) is 2.45. The molecule has 24 heavy (non-hydrogen) atoms. The summed E-state index contributed by atoms with van der Waals surface area (Å²) in [6.45, 7) is 0.399. The number of H-pyrrole nitrogens is 2. The van der Waals surface area contributed by atoms with E-state index in [1.165, 1.54) is 12.1 Å². The van der Waals surface area contributed by atoms with E-state index in [9.17, 15) is 14.4 Å². The summed E-state index contributed by atoms with van der Waals surface area (Å²) >= 11 is 0. The van der Waals surface area contributed by atoms with Gasteiger partial charge in [-0.25, -0.2) is 4.79 Å². The van der Waals surface area contributed by atoms with Crippen LogP contribution in [-0.4, -0.2) is 28.1 Å². The molecule has 0 unspecified atom stereocenters. The summed E-state index contributed by atoms with van der Waals surface area (Å²) in [7, 11) is 0. The Morgan fingerprint density at radius 3 is 2.75 bits per heavy atom. The molecule has 1 amide bonds. The lowest BCUT2D eigenvalue weighted by Crippen LogP contribution is -2.28. The smallest absolute Gasteiger partial charge is 0.326 e. The molecular formula is C16H15N5O3. The molecule has 0 fully saturated rings. The standard InChI is InChI=1S/C16H15N5O3/c1-2-3-6-16(20-21-16)7-8-17-13(22)10-4-5-12-11(9-10)14(23)19-15(24)18-12/h1,4-5,9H,3,6-8H2,(H,17,22)(H2,18,19,23,24). The number of nitrogens with one attached hydrogen (secondary N) is 3. The molecule has 8 heteroatoms. The van der Waals surface area contributed by atoms with Gasteiger partial charge >= 0.3 is 5.69 Å². The Bertz CT molecular complexity index is 974. The third-order valence-corrected chi connectivity index (χ3v) is 3.87. The summed E-state index contributed by atoms with van der Waals surface area (Å²) in [5.74, 6) is 2.24. The van der Waals surface area contributed by atoms with Gasteiger partial charge in [-0.05, 0) is 18.2 Å². The highest BCUT2D eigenvalue weighted by molar-refractivity contribution is 5.97. The van der Waals surface area contributed by atoms with Gasteiger partial charge < -0.3 is 10.3 Å². The van der Waals surface area contributed by atoms with E-state index in [0.717, 1.165) is 0 Å². The topological polar surface area (TPSA) is 120 Å². The molecule has 8 nitrogen and oxygen atoms in total. The Labute approximate surface area is 136 Å². The molecule has 2 heterocycles. The highest BCUT2D eigenvalue weighted by Gasteiger charge is 2.38. The lowest BCUT2D eigenvalue weighted by Gasteiger charge is -2.10. The number of carbonyl (C=O) groups is 1. The largest absolute Gasteiger partial charge is 0.352 e. The first kappa shape index (κ1) is 15.7. The molecule has 1 aliphatic rings. The first-order valence-corrected chi connectivity index (χ1v) is 7.45. The van der Waals surface area contributed by atoms with Crippen LogP contribution in [0.15, 0.2) is 38.0 Å². The number of aromatic amines is 2. The summed E-state index contributed by atoms with van der Waals surface area (Å²) in [6, 6.07) is 4.52. The quantitative estimate of drug-likeness (QED) is 0.685. The van der Waals surface area contributed by atoms with Gasteiger partial charge in [0.25, 0.3) is 11.5 Å². The van der Waals surface area contributed by atoms with E-state index < -0.39 is 16.9 Å². The Hall–Kier alpha value is -3.21. The van der Waals surface area contributed by atoms with Gasteiger partial charge in [0, 0.05) is 31.4 Å². The van der Waals surface area contributed by atoms with Crippen LogP contribution in [0.5, 0.6) is 0 Å². The summed E-state index contributed by atoms with van der Waals surface area (Å²) in [6.07, 6.45) is 7.08. The molecule has 0 saturated heterocycles. The zero-order valence-electron chi connectivity index (χ0n) is 12.8. The molecule has 2 aromatic rings. The van der Waals surface area contributed by atoms with E-state index >= 15 is 0 Å². The van der Waals surface area contributed by atoms with Gasteiger partial charge in [-0.2, -0.15) is 10.2 Å². The Morgan fingerprint density at radius 1 is 1.25 bits per heavy atom. The van der Waals surface area contributed by atoms with Crippen LogP contribution in [0, 0.1) is 12.3 Å². The first-order valence-electron chi connectivity index (χ1n) is 7.45. The SMILES string of the molecule is C#CCCC1(CCNC(=O)c2ccc3[nH]c(=O)[nH]c(=O)c3c2)N=N1. The normalized spacial score (nSPS) is 14.3. The van der Waals surface area contributed by atoms with Crippen molar-refractivity contribution in [3.8, 4) is 12.3 Å². The summed E-state index contributed by atoms with van der Waals surface area (Å²) < 4.78 is 0. The van der Waals surface area contributed by atoms with E-state index in [1.807, 2.05) is 0 Å². The second-order valence-electron chi connectivity index (χ2n) is 5.56. The second kappa shape index (κ2) is 6.12. The molecule has 1 aromatic carbocycles. The van der Waals surface area contributed by atoms with Crippen molar-refractivity contribution in [2.75, 3.05) is 6.54 Å². The summed E-state index contributed by atoms with van der Waals surface area (Å²) in [4.78, 5) is 39.8. The zero-order chi connectivity index (χ0) is 17.2. The van der Waals surface area contributed by atoms with E-state index in [-0.39, 0.29) is 11.3 Å². The number of nitrogens with zero attached hydrogens (tertiary/aromatic N) is 2. The third-order valence-electron chi connectivity index (χ3n) is 3.87. The van der Waals surface area contributed by atoms with E-state index in [0.29, 0.717) is 36.9 Å². The van der Waals surface area contributed by atoms with Crippen LogP contribution in [0.1, 0.15) is 29.6 Å². The predicted molar refractivity (Wildman–Crippen MR) is 87.8 cm³/mol. The van der Waals surface area contributed by atoms with Crippen molar-refractivity contribution >= 4 is 16.8 Å². The van der Waals surface area contributed by atoms with Gasteiger partial charge in [0.2, 0.25) is 0 Å². The van der Waals surface area contributed by atoms with Crippen LogP contribution < -0.4 is 16.6 Å². The number of carbonyl (C=O) groups excluding carboxylic acids is 1. The highest BCUT2D eigenvalue weighted by Crippen LogP contribution is 2.36. The molecule has 3 rings (SSSR count). The number of hydrogen-bond acceptors (Lipinski definition) is 5. The van der Waals surface area contributed by atoms with Crippen molar-refractivity contribution in [1.29, 1.82) is 0 Å². The molecule has 0 bridgehead atoms. The van der Waals surface area contributed by atoms with E-state index in [1.54, 1.807) is 6.07 Å². The average Bonchev–Trinajstić information content (AvgIpc) is 3.32. The van der Waals surface area contributed by atoms with Crippen LogP contribution in [0.3, 0.4) is 0 Å². The molecule has 122 valence electrons. The minimum Gasteiger partial charge on any atom is -0.352 e. The number of fused-ring (bicyclic) bond motifs is 1. The lowest BCUT2D eigenvalue weighted by atomic mass is 10.0. The summed E-state index contributed by atoms with van der Waals surface area (Å²) in [5.41, 5.74) is -0.850. The molecular weight excluding hydrogens is 310 g/mol. The molecule has 0 spiro atoms.